The monoisotopic (exact) mass is 339 g/mol. The normalized spacial score (nSPS) is 14.0. The summed E-state index contributed by atoms with van der Waals surface area (Å²) < 4.78 is 4.97. The van der Waals surface area contributed by atoms with Crippen molar-refractivity contribution in [3.63, 3.8) is 0 Å². The topological polar surface area (TPSA) is 114 Å². The summed E-state index contributed by atoms with van der Waals surface area (Å²) in [6.07, 6.45) is -1.12. The van der Waals surface area contributed by atoms with Gasteiger partial charge in [-0.25, -0.2) is 9.59 Å². The Morgan fingerprint density at radius 2 is 1.83 bits per heavy atom. The molecule has 0 heterocycles. The number of benzene rings is 1. The summed E-state index contributed by atoms with van der Waals surface area (Å²) in [5.74, 6) is -2.12. The highest BCUT2D eigenvalue weighted by Crippen LogP contribution is 2.10. The number of carboxylic acids is 1. The van der Waals surface area contributed by atoms with Crippen LogP contribution in [0.2, 0.25) is 0 Å². The van der Waals surface area contributed by atoms with Crippen LogP contribution in [-0.2, 0) is 14.4 Å². The number of aliphatic carboxylic acids is 1. The van der Waals surface area contributed by atoms with E-state index in [-0.39, 0.29) is 10.9 Å². The first-order chi connectivity index (χ1) is 11.2. The van der Waals surface area contributed by atoms with Crippen LogP contribution in [0.4, 0.5) is 0 Å². The maximum atomic E-state index is 11.8. The minimum Gasteiger partial charge on any atom is -0.569 e. The van der Waals surface area contributed by atoms with Crippen molar-refractivity contribution < 1.29 is 29.2 Å². The van der Waals surface area contributed by atoms with Gasteiger partial charge in [0, 0.05) is 6.92 Å². The van der Waals surface area contributed by atoms with Gasteiger partial charge in [0.1, 0.15) is 0 Å². The molecule has 0 radical (unpaired) electrons. The van der Waals surface area contributed by atoms with E-state index >= 15 is 0 Å². The molecule has 1 aromatic carbocycles. The summed E-state index contributed by atoms with van der Waals surface area (Å²) in [6, 6.07) is 7.18. The van der Waals surface area contributed by atoms with Crippen LogP contribution in [-0.4, -0.2) is 46.4 Å². The number of nitrogens with zero attached hydrogens (tertiary/aromatic N) is 3. The van der Waals surface area contributed by atoms with Crippen molar-refractivity contribution in [2.75, 3.05) is 7.05 Å². The summed E-state index contributed by atoms with van der Waals surface area (Å²) in [5, 5.41) is 25.0. The van der Waals surface area contributed by atoms with Gasteiger partial charge in [0.15, 0.2) is 6.04 Å². The minimum atomic E-state index is -1.16. The zero-order valence-corrected chi connectivity index (χ0v) is 13.9. The Hall–Kier alpha value is -2.84. The van der Waals surface area contributed by atoms with E-state index in [1.165, 1.54) is 14.0 Å². The van der Waals surface area contributed by atoms with E-state index < -0.39 is 24.3 Å². The van der Waals surface area contributed by atoms with E-state index in [4.69, 9.17) is 14.7 Å². The number of carbonyl (C=O) groups excluding carboxylic acids is 1. The second-order valence-corrected chi connectivity index (χ2v) is 5.38. The first-order valence-corrected chi connectivity index (χ1v) is 7.29. The molecular weight excluding hydrogens is 318 g/mol. The minimum absolute atomic E-state index is 0.00560. The van der Waals surface area contributed by atoms with Gasteiger partial charge in [-0.2, -0.15) is 0 Å². The van der Waals surface area contributed by atoms with Crippen LogP contribution in [0, 0.1) is 11.1 Å². The molecule has 1 aromatic rings. The largest absolute Gasteiger partial charge is 0.569 e. The number of hydrogen-bond acceptors (Lipinski definition) is 6. The molecule has 0 aliphatic carbocycles. The van der Waals surface area contributed by atoms with Crippen molar-refractivity contribution in [1.29, 1.82) is 0 Å². The zero-order chi connectivity index (χ0) is 18.3. The van der Waals surface area contributed by atoms with Crippen molar-refractivity contribution in [3.8, 4) is 0 Å². The lowest BCUT2D eigenvalue weighted by atomic mass is 10.1. The van der Waals surface area contributed by atoms with Gasteiger partial charge in [0.05, 0.1) is 17.6 Å². The number of hydrazine groups is 1. The molecule has 0 amide bonds. The smallest absolute Gasteiger partial charge is 0.341 e. The summed E-state index contributed by atoms with van der Waals surface area (Å²) in [6.45, 7) is 4.71. The van der Waals surface area contributed by atoms with Crippen molar-refractivity contribution in [2.24, 2.45) is 11.2 Å². The average molecular weight is 339 g/mol. The highest BCUT2D eigenvalue weighted by atomic mass is 16.8. The molecule has 0 bridgehead atoms. The molecule has 0 spiro atoms. The van der Waals surface area contributed by atoms with Gasteiger partial charge in [-0.1, -0.05) is 32.0 Å². The van der Waals surface area contributed by atoms with Crippen LogP contribution < -0.4 is 0 Å². The van der Waals surface area contributed by atoms with Crippen LogP contribution in [0.5, 0.6) is 0 Å². The molecule has 132 valence electrons. The van der Waals surface area contributed by atoms with E-state index in [2.05, 4.69) is 5.28 Å². The van der Waals surface area contributed by atoms with E-state index in [1.807, 2.05) is 0 Å². The fourth-order valence-electron chi connectivity index (χ4n) is 1.96. The SMILES string of the molecule is CC(O/N=[N+](\[O-])N(C)[C@H](C(=O)O)C(C)C)OC(=O)c1ccccc1. The zero-order valence-electron chi connectivity index (χ0n) is 13.9. The predicted molar refractivity (Wildman–Crippen MR) is 82.5 cm³/mol. The molecule has 1 N–H and O–H groups in total. The first-order valence-electron chi connectivity index (χ1n) is 7.29. The quantitative estimate of drug-likeness (QED) is 0.253. The Bertz CT molecular complexity index is 590. The van der Waals surface area contributed by atoms with E-state index in [0.717, 1.165) is 5.01 Å². The molecule has 0 aliphatic rings. The van der Waals surface area contributed by atoms with E-state index in [0.29, 0.717) is 5.56 Å². The van der Waals surface area contributed by atoms with Crippen molar-refractivity contribution in [3.05, 3.63) is 41.1 Å². The average Bonchev–Trinajstić information content (AvgIpc) is 2.52. The number of ether oxygens (including phenoxy) is 1. The van der Waals surface area contributed by atoms with Crippen molar-refractivity contribution >= 4 is 11.9 Å². The van der Waals surface area contributed by atoms with Crippen molar-refractivity contribution in [1.82, 2.24) is 5.01 Å². The van der Waals surface area contributed by atoms with Crippen LogP contribution in [0.15, 0.2) is 35.6 Å². The Labute approximate surface area is 139 Å². The third-order valence-corrected chi connectivity index (χ3v) is 3.10. The molecule has 0 aromatic heterocycles. The molecule has 0 fully saturated rings. The number of esters is 1. The molecule has 9 nitrogen and oxygen atoms in total. The first kappa shape index (κ1) is 19.2. The molecule has 0 saturated carbocycles. The number of carboxylic acid groups (broad SMARTS) is 1. The fourth-order valence-corrected chi connectivity index (χ4v) is 1.96. The molecular formula is C15H21N3O6. The Morgan fingerprint density at radius 1 is 1.25 bits per heavy atom. The third-order valence-electron chi connectivity index (χ3n) is 3.10. The molecule has 1 rings (SSSR count). The maximum absolute atomic E-state index is 11.8. The molecule has 2 atom stereocenters. The van der Waals surface area contributed by atoms with Crippen LogP contribution in [0.3, 0.4) is 0 Å². The second kappa shape index (κ2) is 8.70. The van der Waals surface area contributed by atoms with E-state index in [1.54, 1.807) is 44.2 Å². The lowest BCUT2D eigenvalue weighted by Crippen LogP contribution is -2.45. The van der Waals surface area contributed by atoms with E-state index in [9.17, 15) is 14.8 Å². The Balaban J connectivity index is 2.63. The lowest BCUT2D eigenvalue weighted by molar-refractivity contribution is -0.713. The van der Waals surface area contributed by atoms with Gasteiger partial charge in [-0.05, 0) is 18.1 Å². The van der Waals surface area contributed by atoms with Gasteiger partial charge >= 0.3 is 11.9 Å². The van der Waals surface area contributed by atoms with Gasteiger partial charge in [-0.3, -0.25) is 4.84 Å². The highest BCUT2D eigenvalue weighted by molar-refractivity contribution is 5.89. The molecule has 1 unspecified atom stereocenters. The number of rotatable bonds is 8. The van der Waals surface area contributed by atoms with Crippen LogP contribution >= 0.6 is 0 Å². The fraction of sp³-hybridized carbons (Fsp3) is 0.467. The van der Waals surface area contributed by atoms with Gasteiger partial charge in [0.25, 0.3) is 6.29 Å². The maximum Gasteiger partial charge on any atom is 0.341 e. The van der Waals surface area contributed by atoms with Crippen LogP contribution in [0.25, 0.3) is 0 Å². The molecule has 0 saturated heterocycles. The number of hydrogen-bond donors (Lipinski definition) is 1. The predicted octanol–water partition coefficient (Wildman–Crippen LogP) is 2.04. The van der Waals surface area contributed by atoms with Crippen LogP contribution in [0.1, 0.15) is 31.1 Å². The van der Waals surface area contributed by atoms with Crippen molar-refractivity contribution in [2.45, 2.75) is 33.1 Å². The van der Waals surface area contributed by atoms with Gasteiger partial charge < -0.3 is 15.1 Å². The molecule has 9 heteroatoms. The van der Waals surface area contributed by atoms with Gasteiger partial charge in [0.2, 0.25) is 5.28 Å². The highest BCUT2D eigenvalue weighted by Gasteiger charge is 2.32. The van der Waals surface area contributed by atoms with Gasteiger partial charge in [-0.15, -0.1) is 5.01 Å². The number of carbonyl (C=O) groups is 2. The third kappa shape index (κ3) is 5.41. The summed E-state index contributed by atoms with van der Waals surface area (Å²) in [5.41, 5.74) is 0.329. The summed E-state index contributed by atoms with van der Waals surface area (Å²) in [7, 11) is 1.28. The standard InChI is InChI=1S/C15H21N3O6/c1-10(2)13(14(19)20)17(4)18(22)16-24-11(3)23-15(21)12-8-6-5-7-9-12/h5-11,13H,1-4H3,(H,19,20)/b18-16-/t11?,13-/m0/s1. The summed E-state index contributed by atoms with van der Waals surface area (Å²) in [4.78, 5) is 27.8. The summed E-state index contributed by atoms with van der Waals surface area (Å²) >= 11 is 0. The molecule has 0 aliphatic heterocycles. The molecule has 24 heavy (non-hydrogen) atoms. The second-order valence-electron chi connectivity index (χ2n) is 5.38. The Morgan fingerprint density at radius 3 is 2.33 bits per heavy atom. The number of likely N-dealkylation sites (N-methyl/N-ethyl adjacent to an activating group) is 1. The lowest BCUT2D eigenvalue weighted by Gasteiger charge is -2.23. The Kier molecular flexibility index (Phi) is 6.97.